The van der Waals surface area contributed by atoms with E-state index < -0.39 is 0 Å². The average molecular weight is 258 g/mol. The van der Waals surface area contributed by atoms with Gasteiger partial charge in [-0.15, -0.1) is 0 Å². The van der Waals surface area contributed by atoms with Crippen LogP contribution in [0.4, 0.5) is 4.39 Å². The van der Waals surface area contributed by atoms with Crippen molar-refractivity contribution in [2.45, 2.75) is 12.8 Å². The Morgan fingerprint density at radius 1 is 1.11 bits per heavy atom. The van der Waals surface area contributed by atoms with Gasteiger partial charge in [0.05, 0.1) is 6.61 Å². The lowest BCUT2D eigenvalue weighted by Crippen LogP contribution is -2.04. The van der Waals surface area contributed by atoms with Crippen molar-refractivity contribution in [3.63, 3.8) is 0 Å². The van der Waals surface area contributed by atoms with Crippen LogP contribution < -0.4 is 4.74 Å². The van der Waals surface area contributed by atoms with Crippen molar-refractivity contribution in [2.75, 3.05) is 6.61 Å². The van der Waals surface area contributed by atoms with Crippen LogP contribution in [0.1, 0.15) is 11.1 Å². The third-order valence-electron chi connectivity index (χ3n) is 2.82. The SMILES string of the molecule is O=CCc1cc(F)ccc1OCCc1ccccc1. The zero-order valence-corrected chi connectivity index (χ0v) is 10.5. The Kier molecular flexibility index (Phi) is 4.67. The van der Waals surface area contributed by atoms with Crippen LogP contribution in [0.15, 0.2) is 48.5 Å². The van der Waals surface area contributed by atoms with Crippen molar-refractivity contribution in [1.82, 2.24) is 0 Å². The van der Waals surface area contributed by atoms with E-state index in [-0.39, 0.29) is 12.2 Å². The molecule has 0 spiro atoms. The maximum atomic E-state index is 13.1. The lowest BCUT2D eigenvalue weighted by Gasteiger charge is -2.10. The topological polar surface area (TPSA) is 26.3 Å². The van der Waals surface area contributed by atoms with E-state index >= 15 is 0 Å². The molecule has 2 aromatic rings. The molecule has 19 heavy (non-hydrogen) atoms. The van der Waals surface area contributed by atoms with Crippen LogP contribution in [0.25, 0.3) is 0 Å². The molecule has 0 aliphatic heterocycles. The van der Waals surface area contributed by atoms with Crippen LogP contribution >= 0.6 is 0 Å². The second-order valence-corrected chi connectivity index (χ2v) is 4.21. The van der Waals surface area contributed by atoms with Gasteiger partial charge in [0.15, 0.2) is 0 Å². The van der Waals surface area contributed by atoms with Gasteiger partial charge in [-0.25, -0.2) is 4.39 Å². The highest BCUT2D eigenvalue weighted by Crippen LogP contribution is 2.20. The maximum Gasteiger partial charge on any atom is 0.124 e. The summed E-state index contributed by atoms with van der Waals surface area (Å²) in [4.78, 5) is 10.6. The molecule has 2 nitrogen and oxygen atoms in total. The second-order valence-electron chi connectivity index (χ2n) is 4.21. The monoisotopic (exact) mass is 258 g/mol. The highest BCUT2D eigenvalue weighted by Gasteiger charge is 2.05. The first-order chi connectivity index (χ1) is 9.29. The van der Waals surface area contributed by atoms with Crippen LogP contribution in [0.3, 0.4) is 0 Å². The van der Waals surface area contributed by atoms with Crippen molar-refractivity contribution >= 4 is 6.29 Å². The molecular formula is C16H15FO2. The fraction of sp³-hybridized carbons (Fsp3) is 0.188. The normalized spacial score (nSPS) is 10.2. The number of carbonyl (C=O) groups is 1. The van der Waals surface area contributed by atoms with E-state index in [0.717, 1.165) is 12.7 Å². The van der Waals surface area contributed by atoms with Crippen LogP contribution in [-0.2, 0) is 17.6 Å². The summed E-state index contributed by atoms with van der Waals surface area (Å²) in [5, 5.41) is 0. The molecule has 0 aliphatic carbocycles. The molecule has 2 rings (SSSR count). The molecule has 0 heterocycles. The van der Waals surface area contributed by atoms with Gasteiger partial charge in [-0.05, 0) is 23.8 Å². The summed E-state index contributed by atoms with van der Waals surface area (Å²) in [5.74, 6) is 0.219. The van der Waals surface area contributed by atoms with Gasteiger partial charge >= 0.3 is 0 Å². The first-order valence-electron chi connectivity index (χ1n) is 6.18. The summed E-state index contributed by atoms with van der Waals surface area (Å²) in [7, 11) is 0. The van der Waals surface area contributed by atoms with Gasteiger partial charge < -0.3 is 9.53 Å². The van der Waals surface area contributed by atoms with Crippen molar-refractivity contribution in [1.29, 1.82) is 0 Å². The van der Waals surface area contributed by atoms with E-state index in [1.54, 1.807) is 6.07 Å². The van der Waals surface area contributed by atoms with Crippen LogP contribution in [0, 0.1) is 5.82 Å². The Labute approximate surface area is 111 Å². The van der Waals surface area contributed by atoms with Crippen molar-refractivity contribution in [3.05, 3.63) is 65.5 Å². The Hall–Kier alpha value is -2.16. The van der Waals surface area contributed by atoms with Crippen LogP contribution in [-0.4, -0.2) is 12.9 Å². The molecule has 0 aliphatic rings. The minimum absolute atomic E-state index is 0.165. The number of carbonyl (C=O) groups excluding carboxylic acids is 1. The van der Waals surface area contributed by atoms with E-state index in [1.807, 2.05) is 30.3 Å². The molecule has 98 valence electrons. The molecular weight excluding hydrogens is 243 g/mol. The van der Waals surface area contributed by atoms with Gasteiger partial charge in [0.2, 0.25) is 0 Å². The van der Waals surface area contributed by atoms with E-state index in [4.69, 9.17) is 4.74 Å². The van der Waals surface area contributed by atoms with Crippen molar-refractivity contribution in [3.8, 4) is 5.75 Å². The Morgan fingerprint density at radius 3 is 2.63 bits per heavy atom. The number of hydrogen-bond donors (Lipinski definition) is 0. The predicted molar refractivity (Wildman–Crippen MR) is 71.8 cm³/mol. The number of aldehydes is 1. The van der Waals surface area contributed by atoms with Crippen molar-refractivity contribution in [2.24, 2.45) is 0 Å². The summed E-state index contributed by atoms with van der Waals surface area (Å²) < 4.78 is 18.7. The fourth-order valence-electron chi connectivity index (χ4n) is 1.86. The molecule has 0 unspecified atom stereocenters. The largest absolute Gasteiger partial charge is 0.493 e. The molecule has 0 saturated heterocycles. The number of benzene rings is 2. The Bertz CT molecular complexity index is 538. The van der Waals surface area contributed by atoms with Crippen LogP contribution in [0.5, 0.6) is 5.75 Å². The highest BCUT2D eigenvalue weighted by molar-refractivity contribution is 5.57. The third-order valence-corrected chi connectivity index (χ3v) is 2.82. The van der Waals surface area contributed by atoms with E-state index in [1.165, 1.54) is 17.7 Å². The summed E-state index contributed by atoms with van der Waals surface area (Å²) in [6, 6.07) is 14.2. The number of rotatable bonds is 6. The summed E-state index contributed by atoms with van der Waals surface area (Å²) in [6.45, 7) is 0.501. The van der Waals surface area contributed by atoms with Crippen LogP contribution in [0.2, 0.25) is 0 Å². The first kappa shape index (κ1) is 13.3. The van der Waals surface area contributed by atoms with Gasteiger partial charge in [-0.1, -0.05) is 30.3 Å². The maximum absolute atomic E-state index is 13.1. The van der Waals surface area contributed by atoms with Gasteiger partial charge in [-0.3, -0.25) is 0 Å². The van der Waals surface area contributed by atoms with Gasteiger partial charge in [0.1, 0.15) is 17.9 Å². The Balaban J connectivity index is 1.97. The van der Waals surface area contributed by atoms with Gasteiger partial charge in [0, 0.05) is 18.4 Å². The summed E-state index contributed by atoms with van der Waals surface area (Å²) in [5.41, 5.74) is 1.77. The molecule has 2 aromatic carbocycles. The van der Waals surface area contributed by atoms with Gasteiger partial charge in [0.25, 0.3) is 0 Å². The molecule has 0 fully saturated rings. The zero-order valence-electron chi connectivity index (χ0n) is 10.5. The van der Waals surface area contributed by atoms with Crippen molar-refractivity contribution < 1.29 is 13.9 Å². The smallest absolute Gasteiger partial charge is 0.124 e. The third kappa shape index (κ3) is 3.91. The average Bonchev–Trinajstić information content (AvgIpc) is 2.43. The molecule has 0 atom stereocenters. The number of halogens is 1. The molecule has 0 amide bonds. The molecule has 0 N–H and O–H groups in total. The summed E-state index contributed by atoms with van der Waals surface area (Å²) in [6.07, 6.45) is 1.69. The summed E-state index contributed by atoms with van der Waals surface area (Å²) >= 11 is 0. The molecule has 0 aromatic heterocycles. The highest BCUT2D eigenvalue weighted by atomic mass is 19.1. The number of ether oxygens (including phenoxy) is 1. The first-order valence-corrected chi connectivity index (χ1v) is 6.18. The lowest BCUT2D eigenvalue weighted by atomic mass is 10.1. The molecule has 3 heteroatoms. The lowest BCUT2D eigenvalue weighted by molar-refractivity contribution is -0.107. The molecule has 0 bridgehead atoms. The second kappa shape index (κ2) is 6.69. The Morgan fingerprint density at radius 2 is 1.89 bits per heavy atom. The number of hydrogen-bond acceptors (Lipinski definition) is 2. The molecule has 0 saturated carbocycles. The minimum atomic E-state index is -0.354. The standard InChI is InChI=1S/C16H15FO2/c17-15-6-7-16(14(12-15)8-10-18)19-11-9-13-4-2-1-3-5-13/h1-7,10,12H,8-9,11H2. The van der Waals surface area contributed by atoms with E-state index in [0.29, 0.717) is 17.9 Å². The zero-order chi connectivity index (χ0) is 13.5. The fourth-order valence-corrected chi connectivity index (χ4v) is 1.86. The van der Waals surface area contributed by atoms with E-state index in [9.17, 15) is 9.18 Å². The molecule has 0 radical (unpaired) electrons. The van der Waals surface area contributed by atoms with E-state index in [2.05, 4.69) is 0 Å². The van der Waals surface area contributed by atoms with Gasteiger partial charge in [-0.2, -0.15) is 0 Å². The minimum Gasteiger partial charge on any atom is -0.493 e. The quantitative estimate of drug-likeness (QED) is 0.744. The predicted octanol–water partition coefficient (Wildman–Crippen LogP) is 3.19.